The average molecular weight is 230 g/mol. The van der Waals surface area contributed by atoms with Gasteiger partial charge < -0.3 is 0 Å². The van der Waals surface area contributed by atoms with Crippen LogP contribution in [0, 0.1) is 0 Å². The highest BCUT2D eigenvalue weighted by molar-refractivity contribution is 7.13. The monoisotopic (exact) mass is 230 g/mol. The minimum absolute atomic E-state index is 0.693. The summed E-state index contributed by atoms with van der Waals surface area (Å²) in [4.78, 5) is 1.39. The van der Waals surface area contributed by atoms with Crippen molar-refractivity contribution in [2.45, 2.75) is 32.6 Å². The summed E-state index contributed by atoms with van der Waals surface area (Å²) in [5, 5.41) is 2.15. The first kappa shape index (κ1) is 11.4. The molecule has 1 aromatic heterocycles. The molecule has 1 aromatic carbocycles. The Labute approximate surface area is 102 Å². The summed E-state index contributed by atoms with van der Waals surface area (Å²) in [5.41, 5.74) is 2.93. The van der Waals surface area contributed by atoms with Crippen LogP contribution in [0.3, 0.4) is 0 Å². The maximum Gasteiger partial charge on any atom is 0.0345 e. The molecular formula is C15H18S. The topological polar surface area (TPSA) is 0 Å². The molecule has 0 bridgehead atoms. The van der Waals surface area contributed by atoms with Gasteiger partial charge in [0.25, 0.3) is 0 Å². The Balaban J connectivity index is 2.45. The lowest BCUT2D eigenvalue weighted by Crippen LogP contribution is -1.97. The minimum Gasteiger partial charge on any atom is -0.144 e. The molecule has 16 heavy (non-hydrogen) atoms. The van der Waals surface area contributed by atoms with Gasteiger partial charge in [0, 0.05) is 4.88 Å². The number of benzene rings is 1. The molecule has 0 unspecified atom stereocenters. The van der Waals surface area contributed by atoms with Crippen molar-refractivity contribution in [1.29, 1.82) is 0 Å². The van der Waals surface area contributed by atoms with E-state index in [2.05, 4.69) is 55.6 Å². The fraction of sp³-hybridized carbons (Fsp3) is 0.333. The first-order chi connectivity index (χ1) is 7.86. The van der Waals surface area contributed by atoms with Gasteiger partial charge in [-0.15, -0.1) is 11.3 Å². The Hall–Kier alpha value is -1.08. The van der Waals surface area contributed by atoms with Crippen LogP contribution in [-0.4, -0.2) is 0 Å². The van der Waals surface area contributed by atoms with Gasteiger partial charge in [0.05, 0.1) is 0 Å². The van der Waals surface area contributed by atoms with E-state index in [1.165, 1.54) is 28.8 Å². The number of hydrogen-bond donors (Lipinski definition) is 0. The van der Waals surface area contributed by atoms with Gasteiger partial charge in [-0.25, -0.2) is 0 Å². The van der Waals surface area contributed by atoms with Crippen LogP contribution in [0.25, 0.3) is 10.4 Å². The van der Waals surface area contributed by atoms with Crippen LogP contribution in [0.15, 0.2) is 41.8 Å². The smallest absolute Gasteiger partial charge is 0.0345 e. The number of rotatable bonds is 4. The van der Waals surface area contributed by atoms with Gasteiger partial charge in [0.2, 0.25) is 0 Å². The summed E-state index contributed by atoms with van der Waals surface area (Å²) in [6.45, 7) is 4.55. The number of hydrogen-bond acceptors (Lipinski definition) is 1. The summed E-state index contributed by atoms with van der Waals surface area (Å²) in [6, 6.07) is 13.2. The molecule has 0 aliphatic rings. The van der Waals surface area contributed by atoms with E-state index in [9.17, 15) is 0 Å². The standard InChI is InChI=1S/C15H18S/c1-3-12(4-2)13-8-5-6-9-14(13)15-10-7-11-16-15/h5-12H,3-4H2,1-2H3. The Morgan fingerprint density at radius 3 is 2.38 bits per heavy atom. The van der Waals surface area contributed by atoms with Crippen molar-refractivity contribution in [3.05, 3.63) is 47.3 Å². The van der Waals surface area contributed by atoms with Gasteiger partial charge in [0.1, 0.15) is 0 Å². The van der Waals surface area contributed by atoms with Gasteiger partial charge in [-0.1, -0.05) is 44.2 Å². The van der Waals surface area contributed by atoms with Crippen LogP contribution >= 0.6 is 11.3 Å². The summed E-state index contributed by atoms with van der Waals surface area (Å²) in [5.74, 6) is 0.693. The molecule has 0 radical (unpaired) electrons. The highest BCUT2D eigenvalue weighted by Gasteiger charge is 2.12. The fourth-order valence-electron chi connectivity index (χ4n) is 2.24. The summed E-state index contributed by atoms with van der Waals surface area (Å²) in [6.07, 6.45) is 2.44. The van der Waals surface area contributed by atoms with E-state index < -0.39 is 0 Å². The largest absolute Gasteiger partial charge is 0.144 e. The van der Waals surface area contributed by atoms with E-state index >= 15 is 0 Å². The molecule has 0 atom stereocenters. The van der Waals surface area contributed by atoms with Crippen molar-refractivity contribution >= 4 is 11.3 Å². The maximum absolute atomic E-state index is 2.28. The van der Waals surface area contributed by atoms with Gasteiger partial charge in [-0.05, 0) is 41.3 Å². The molecule has 0 fully saturated rings. The predicted molar refractivity (Wildman–Crippen MR) is 73.1 cm³/mol. The first-order valence-electron chi connectivity index (χ1n) is 5.99. The molecule has 1 heteroatoms. The molecule has 1 heterocycles. The van der Waals surface area contributed by atoms with Crippen molar-refractivity contribution in [3.63, 3.8) is 0 Å². The molecule has 0 saturated heterocycles. The van der Waals surface area contributed by atoms with Crippen molar-refractivity contribution < 1.29 is 0 Å². The third kappa shape index (κ3) is 2.19. The second-order valence-electron chi connectivity index (χ2n) is 4.08. The minimum atomic E-state index is 0.693. The van der Waals surface area contributed by atoms with E-state index in [0.717, 1.165) is 0 Å². The number of thiophene rings is 1. The molecule has 84 valence electrons. The molecule has 0 spiro atoms. The zero-order valence-electron chi connectivity index (χ0n) is 9.94. The molecule has 0 amide bonds. The van der Waals surface area contributed by atoms with Crippen LogP contribution in [0.4, 0.5) is 0 Å². The maximum atomic E-state index is 2.28. The highest BCUT2D eigenvalue weighted by atomic mass is 32.1. The van der Waals surface area contributed by atoms with E-state index in [1.54, 1.807) is 0 Å². The van der Waals surface area contributed by atoms with Crippen LogP contribution in [0.2, 0.25) is 0 Å². The molecule has 0 nitrogen and oxygen atoms in total. The van der Waals surface area contributed by atoms with E-state index in [1.807, 2.05) is 11.3 Å². The fourth-order valence-corrected chi connectivity index (χ4v) is 3.01. The molecule has 0 saturated carbocycles. The second-order valence-corrected chi connectivity index (χ2v) is 5.03. The third-order valence-electron chi connectivity index (χ3n) is 3.17. The van der Waals surface area contributed by atoms with Gasteiger partial charge in [-0.3, -0.25) is 0 Å². The van der Waals surface area contributed by atoms with Gasteiger partial charge in [-0.2, -0.15) is 0 Å². The lowest BCUT2D eigenvalue weighted by molar-refractivity contribution is 0.643. The third-order valence-corrected chi connectivity index (χ3v) is 4.08. The molecule has 0 aliphatic heterocycles. The van der Waals surface area contributed by atoms with E-state index in [0.29, 0.717) is 5.92 Å². The van der Waals surface area contributed by atoms with Crippen LogP contribution < -0.4 is 0 Å². The zero-order chi connectivity index (χ0) is 11.4. The SMILES string of the molecule is CCC(CC)c1ccccc1-c1cccs1. The Morgan fingerprint density at radius 1 is 1.00 bits per heavy atom. The molecule has 0 aliphatic carbocycles. The molecule has 2 rings (SSSR count). The van der Waals surface area contributed by atoms with Crippen molar-refractivity contribution in [1.82, 2.24) is 0 Å². The lowest BCUT2D eigenvalue weighted by atomic mass is 9.89. The van der Waals surface area contributed by atoms with E-state index in [-0.39, 0.29) is 0 Å². The lowest BCUT2D eigenvalue weighted by Gasteiger charge is -2.16. The van der Waals surface area contributed by atoms with Crippen molar-refractivity contribution in [3.8, 4) is 10.4 Å². The first-order valence-corrected chi connectivity index (χ1v) is 6.87. The molecular weight excluding hydrogens is 212 g/mol. The highest BCUT2D eigenvalue weighted by Crippen LogP contribution is 2.34. The molecule has 0 N–H and O–H groups in total. The van der Waals surface area contributed by atoms with Crippen molar-refractivity contribution in [2.75, 3.05) is 0 Å². The average Bonchev–Trinajstić information content (AvgIpc) is 2.85. The Bertz CT molecular complexity index is 424. The normalized spacial score (nSPS) is 10.9. The van der Waals surface area contributed by atoms with E-state index in [4.69, 9.17) is 0 Å². The quantitative estimate of drug-likeness (QED) is 0.667. The second kappa shape index (κ2) is 5.31. The van der Waals surface area contributed by atoms with Crippen LogP contribution in [0.1, 0.15) is 38.2 Å². The predicted octanol–water partition coefficient (Wildman–Crippen LogP) is 5.32. The Kier molecular flexibility index (Phi) is 3.79. The van der Waals surface area contributed by atoms with Crippen molar-refractivity contribution in [2.24, 2.45) is 0 Å². The van der Waals surface area contributed by atoms with Crippen LogP contribution in [-0.2, 0) is 0 Å². The summed E-state index contributed by atoms with van der Waals surface area (Å²) >= 11 is 1.83. The summed E-state index contributed by atoms with van der Waals surface area (Å²) < 4.78 is 0. The van der Waals surface area contributed by atoms with Gasteiger partial charge in [0.15, 0.2) is 0 Å². The molecule has 2 aromatic rings. The van der Waals surface area contributed by atoms with Crippen LogP contribution in [0.5, 0.6) is 0 Å². The Morgan fingerprint density at radius 2 is 1.75 bits per heavy atom. The van der Waals surface area contributed by atoms with Gasteiger partial charge >= 0.3 is 0 Å². The summed E-state index contributed by atoms with van der Waals surface area (Å²) in [7, 11) is 0. The zero-order valence-corrected chi connectivity index (χ0v) is 10.8.